The molecule has 1 amide bonds. The van der Waals surface area contributed by atoms with Crippen molar-refractivity contribution in [1.82, 2.24) is 15.5 Å². The van der Waals surface area contributed by atoms with Gasteiger partial charge in [-0.3, -0.25) is 4.79 Å². The van der Waals surface area contributed by atoms with Crippen molar-refractivity contribution in [3.8, 4) is 0 Å². The van der Waals surface area contributed by atoms with Crippen molar-refractivity contribution < 1.29 is 4.79 Å². The summed E-state index contributed by atoms with van der Waals surface area (Å²) in [7, 11) is 2.07. The normalized spacial score (nSPS) is 11.5. The Balaban J connectivity index is 3.43. The van der Waals surface area contributed by atoms with Crippen molar-refractivity contribution in [2.45, 2.75) is 33.7 Å². The summed E-state index contributed by atoms with van der Waals surface area (Å²) in [6.07, 6.45) is 0. The van der Waals surface area contributed by atoms with Crippen LogP contribution < -0.4 is 10.6 Å². The van der Waals surface area contributed by atoms with E-state index in [0.717, 1.165) is 26.2 Å². The number of amides is 1. The molecule has 0 fully saturated rings. The molecule has 0 aromatic heterocycles. The van der Waals surface area contributed by atoms with Crippen LogP contribution in [0.2, 0.25) is 0 Å². The molecule has 4 nitrogen and oxygen atoms in total. The third kappa shape index (κ3) is 8.68. The van der Waals surface area contributed by atoms with E-state index < -0.39 is 0 Å². The molecule has 2 N–H and O–H groups in total. The minimum atomic E-state index is 0.0768. The molecule has 4 heteroatoms. The summed E-state index contributed by atoms with van der Waals surface area (Å²) in [5.74, 6) is 0.210. The summed E-state index contributed by atoms with van der Waals surface area (Å²) in [4.78, 5) is 13.5. The molecular weight excluding hydrogens is 202 g/mol. The zero-order valence-corrected chi connectivity index (χ0v) is 11.3. The van der Waals surface area contributed by atoms with E-state index in [2.05, 4.69) is 36.4 Å². The van der Waals surface area contributed by atoms with Gasteiger partial charge in [0.1, 0.15) is 0 Å². The predicted molar refractivity (Wildman–Crippen MR) is 68.5 cm³/mol. The average molecular weight is 229 g/mol. The number of nitrogens with zero attached hydrogens (tertiary/aromatic N) is 1. The van der Waals surface area contributed by atoms with Gasteiger partial charge >= 0.3 is 0 Å². The largest absolute Gasteiger partial charge is 0.355 e. The summed E-state index contributed by atoms with van der Waals surface area (Å²) in [6.45, 7) is 11.7. The van der Waals surface area contributed by atoms with E-state index in [0.29, 0.717) is 6.04 Å². The number of nitrogens with one attached hydrogen (secondary N) is 2. The third-order valence-electron chi connectivity index (χ3n) is 2.36. The van der Waals surface area contributed by atoms with E-state index in [1.165, 1.54) is 0 Å². The summed E-state index contributed by atoms with van der Waals surface area (Å²) in [6, 6.07) is 0.536. The second-order valence-electron chi connectivity index (χ2n) is 4.86. The number of hydrogen-bond donors (Lipinski definition) is 2. The van der Waals surface area contributed by atoms with E-state index >= 15 is 0 Å². The third-order valence-corrected chi connectivity index (χ3v) is 2.36. The van der Waals surface area contributed by atoms with Crippen LogP contribution in [0.5, 0.6) is 0 Å². The maximum absolute atomic E-state index is 11.3. The quantitative estimate of drug-likeness (QED) is 0.643. The van der Waals surface area contributed by atoms with Crippen LogP contribution in [0.3, 0.4) is 0 Å². The lowest BCUT2D eigenvalue weighted by Crippen LogP contribution is -2.38. The van der Waals surface area contributed by atoms with Gasteiger partial charge in [-0.15, -0.1) is 0 Å². The average Bonchev–Trinajstić information content (AvgIpc) is 2.16. The highest BCUT2D eigenvalue weighted by molar-refractivity contribution is 5.77. The van der Waals surface area contributed by atoms with Gasteiger partial charge in [-0.1, -0.05) is 27.7 Å². The zero-order chi connectivity index (χ0) is 12.6. The fraction of sp³-hybridized carbons (Fsp3) is 0.917. The van der Waals surface area contributed by atoms with Gasteiger partial charge in [0, 0.05) is 38.1 Å². The molecule has 96 valence electrons. The van der Waals surface area contributed by atoms with Gasteiger partial charge in [-0.2, -0.15) is 0 Å². The fourth-order valence-corrected chi connectivity index (χ4v) is 1.23. The highest BCUT2D eigenvalue weighted by Gasteiger charge is 2.05. The predicted octanol–water partition coefficient (Wildman–Crippen LogP) is 0.688. The standard InChI is InChI=1S/C12H27N3O/c1-10(2)12(16)14-7-9-15(5)8-6-13-11(3)4/h10-11,13H,6-9H2,1-5H3,(H,14,16). The highest BCUT2D eigenvalue weighted by atomic mass is 16.1. The fourth-order valence-electron chi connectivity index (χ4n) is 1.23. The molecule has 0 aromatic rings. The van der Waals surface area contributed by atoms with Gasteiger partial charge in [0.25, 0.3) is 0 Å². The van der Waals surface area contributed by atoms with Gasteiger partial charge in [0.2, 0.25) is 5.91 Å². The second kappa shape index (κ2) is 8.53. The molecule has 0 aliphatic heterocycles. The van der Waals surface area contributed by atoms with E-state index in [1.807, 2.05) is 13.8 Å². The van der Waals surface area contributed by atoms with Gasteiger partial charge in [0.05, 0.1) is 0 Å². The smallest absolute Gasteiger partial charge is 0.222 e. The van der Waals surface area contributed by atoms with E-state index in [4.69, 9.17) is 0 Å². The van der Waals surface area contributed by atoms with E-state index in [9.17, 15) is 4.79 Å². The molecule has 0 heterocycles. The number of hydrogen-bond acceptors (Lipinski definition) is 3. The number of rotatable bonds is 8. The van der Waals surface area contributed by atoms with Gasteiger partial charge in [-0.25, -0.2) is 0 Å². The van der Waals surface area contributed by atoms with Crippen LogP contribution in [0.25, 0.3) is 0 Å². The molecule has 0 saturated heterocycles. The summed E-state index contributed by atoms with van der Waals surface area (Å²) >= 11 is 0. The van der Waals surface area contributed by atoms with Gasteiger partial charge in [0.15, 0.2) is 0 Å². The highest BCUT2D eigenvalue weighted by Crippen LogP contribution is 1.90. The monoisotopic (exact) mass is 229 g/mol. The first-order valence-corrected chi connectivity index (χ1v) is 6.13. The Labute approximate surface area is 99.8 Å². The molecule has 0 atom stereocenters. The number of likely N-dealkylation sites (N-methyl/N-ethyl adjacent to an activating group) is 1. The zero-order valence-electron chi connectivity index (χ0n) is 11.3. The lowest BCUT2D eigenvalue weighted by atomic mass is 10.2. The maximum Gasteiger partial charge on any atom is 0.222 e. The Morgan fingerprint density at radius 1 is 1.12 bits per heavy atom. The van der Waals surface area contributed by atoms with Crippen molar-refractivity contribution in [3.05, 3.63) is 0 Å². The molecule has 0 aromatic carbocycles. The van der Waals surface area contributed by atoms with Crippen LogP contribution in [0.4, 0.5) is 0 Å². The first-order chi connectivity index (χ1) is 7.43. The molecule has 0 aliphatic carbocycles. The Hall–Kier alpha value is -0.610. The Kier molecular flexibility index (Phi) is 8.21. The van der Waals surface area contributed by atoms with Crippen molar-refractivity contribution in [1.29, 1.82) is 0 Å². The summed E-state index contributed by atoms with van der Waals surface area (Å²) in [5.41, 5.74) is 0. The topological polar surface area (TPSA) is 44.4 Å². The van der Waals surface area contributed by atoms with Crippen LogP contribution >= 0.6 is 0 Å². The van der Waals surface area contributed by atoms with Gasteiger partial charge < -0.3 is 15.5 Å². The van der Waals surface area contributed by atoms with Crippen LogP contribution in [0.15, 0.2) is 0 Å². The Bertz CT molecular complexity index is 193. The maximum atomic E-state index is 11.3. The molecular formula is C12H27N3O. The Morgan fingerprint density at radius 2 is 1.69 bits per heavy atom. The van der Waals surface area contributed by atoms with Crippen molar-refractivity contribution in [2.24, 2.45) is 5.92 Å². The first kappa shape index (κ1) is 15.4. The molecule has 0 unspecified atom stereocenters. The summed E-state index contributed by atoms with van der Waals surface area (Å²) < 4.78 is 0. The van der Waals surface area contributed by atoms with E-state index in [1.54, 1.807) is 0 Å². The van der Waals surface area contributed by atoms with Crippen LogP contribution in [-0.4, -0.2) is 50.1 Å². The van der Waals surface area contributed by atoms with Crippen molar-refractivity contribution in [2.75, 3.05) is 33.2 Å². The minimum Gasteiger partial charge on any atom is -0.355 e. The molecule has 0 radical (unpaired) electrons. The van der Waals surface area contributed by atoms with Gasteiger partial charge in [-0.05, 0) is 7.05 Å². The molecule has 0 saturated carbocycles. The molecule has 0 bridgehead atoms. The lowest BCUT2D eigenvalue weighted by Gasteiger charge is -2.18. The van der Waals surface area contributed by atoms with Crippen LogP contribution in [0.1, 0.15) is 27.7 Å². The van der Waals surface area contributed by atoms with Crippen molar-refractivity contribution in [3.63, 3.8) is 0 Å². The SMILES string of the molecule is CC(C)NCCN(C)CCNC(=O)C(C)C. The molecule has 0 aliphatic rings. The lowest BCUT2D eigenvalue weighted by molar-refractivity contribution is -0.124. The molecule has 16 heavy (non-hydrogen) atoms. The molecule has 0 spiro atoms. The second-order valence-corrected chi connectivity index (χ2v) is 4.86. The Morgan fingerprint density at radius 3 is 2.19 bits per heavy atom. The first-order valence-electron chi connectivity index (χ1n) is 6.13. The number of carbonyl (C=O) groups excluding carboxylic acids is 1. The van der Waals surface area contributed by atoms with Crippen molar-refractivity contribution >= 4 is 5.91 Å². The van der Waals surface area contributed by atoms with Crippen LogP contribution in [0, 0.1) is 5.92 Å². The minimum absolute atomic E-state index is 0.0768. The summed E-state index contributed by atoms with van der Waals surface area (Å²) in [5, 5.41) is 6.28. The van der Waals surface area contributed by atoms with E-state index in [-0.39, 0.29) is 11.8 Å². The van der Waals surface area contributed by atoms with Crippen LogP contribution in [-0.2, 0) is 4.79 Å². The molecule has 0 rings (SSSR count). The number of carbonyl (C=O) groups is 1.